The van der Waals surface area contributed by atoms with Crippen LogP contribution in [-0.2, 0) is 41.3 Å². The molecule has 15 heteroatoms. The predicted molar refractivity (Wildman–Crippen MR) is 163 cm³/mol. The molecule has 0 heterocycles. The number of amides is 3. The molecule has 236 valence electrons. The van der Waals surface area contributed by atoms with Crippen LogP contribution in [0.4, 0.5) is 15.3 Å². The molecule has 0 atom stereocenters. The highest BCUT2D eigenvalue weighted by Gasteiger charge is 2.27. The van der Waals surface area contributed by atoms with E-state index in [0.29, 0.717) is 16.2 Å². The Balaban J connectivity index is 2.00. The largest absolute Gasteiger partial charge is 0.442 e. The lowest BCUT2D eigenvalue weighted by Gasteiger charge is -2.26. The Bertz CT molecular complexity index is 1420. The molecule has 4 N–H and O–H groups in total. The first-order chi connectivity index (χ1) is 19.8. The number of nitrogens with one attached hydrogen (secondary N) is 2. The van der Waals surface area contributed by atoms with E-state index in [1.807, 2.05) is 0 Å². The summed E-state index contributed by atoms with van der Waals surface area (Å²) in [5, 5.41) is 3.35. The van der Waals surface area contributed by atoms with Crippen molar-refractivity contribution in [3.8, 4) is 0 Å². The van der Waals surface area contributed by atoms with E-state index in [4.69, 9.17) is 31.6 Å². The summed E-state index contributed by atoms with van der Waals surface area (Å²) in [6, 6.07) is 13.1. The van der Waals surface area contributed by atoms with Crippen LogP contribution < -0.4 is 15.8 Å². The molecule has 0 aliphatic rings. The number of sulfonamides is 1. The zero-order chi connectivity index (χ0) is 32.4. The first-order valence-electron chi connectivity index (χ1n) is 13.2. The maximum absolute atomic E-state index is 12.6. The molecule has 2 aromatic rings. The Morgan fingerprint density at radius 1 is 0.977 bits per heavy atom. The van der Waals surface area contributed by atoms with Gasteiger partial charge in [0.2, 0.25) is 21.9 Å². The molecule has 3 amide bonds. The van der Waals surface area contributed by atoms with Gasteiger partial charge in [0.15, 0.2) is 0 Å². The average Bonchev–Trinajstić information content (AvgIpc) is 2.83. The third-order valence-corrected chi connectivity index (χ3v) is 6.51. The normalized spacial score (nSPS) is 12.3. The van der Waals surface area contributed by atoms with Gasteiger partial charge < -0.3 is 20.5 Å². The number of hydroxylamine groups is 2. The number of rotatable bonds is 10. The second-order valence-corrected chi connectivity index (χ2v) is 13.4. The van der Waals surface area contributed by atoms with E-state index in [1.165, 1.54) is 18.2 Å². The molecule has 0 radical (unpaired) electrons. The highest BCUT2D eigenvalue weighted by atomic mass is 35.5. The summed E-state index contributed by atoms with van der Waals surface area (Å²) in [7, 11) is -3.72. The number of nitrogens with zero attached hydrogens (tertiary/aromatic N) is 2. The van der Waals surface area contributed by atoms with Gasteiger partial charge in [-0.1, -0.05) is 41.9 Å². The average molecular weight is 640 g/mol. The quantitative estimate of drug-likeness (QED) is 0.147. The van der Waals surface area contributed by atoms with Crippen molar-refractivity contribution < 1.29 is 37.1 Å². The Labute approximate surface area is 256 Å². The standard InChI is InChI=1S/C28H38ClN5O8S/c1-27(2,3)41-25(36)32-24(30)34(26(37)42-28(4,5)6)40-15-14-31-23(35)17-20-16-21(12-13-22(20)29)33-43(38,39)18-19-10-8-7-9-11-19/h7-13,16,33H,14-15,17-18H2,1-6H3,(H,31,35)(H2,30,32,36). The fourth-order valence-electron chi connectivity index (χ4n) is 3.29. The molecule has 0 unspecified atom stereocenters. The van der Waals surface area contributed by atoms with Gasteiger partial charge in [0.1, 0.15) is 11.2 Å². The van der Waals surface area contributed by atoms with Crippen molar-refractivity contribution in [2.24, 2.45) is 10.7 Å². The van der Waals surface area contributed by atoms with Crippen molar-refractivity contribution >= 4 is 51.4 Å². The van der Waals surface area contributed by atoms with E-state index in [-0.39, 0.29) is 36.0 Å². The van der Waals surface area contributed by atoms with Crippen LogP contribution in [0, 0.1) is 0 Å². The second-order valence-electron chi connectivity index (χ2n) is 11.2. The number of halogens is 1. The van der Waals surface area contributed by atoms with E-state index < -0.39 is 45.3 Å². The SMILES string of the molecule is CC(C)(C)OC(=O)N=C(N)N(OCCNC(=O)Cc1cc(NS(=O)(=O)Cc2ccccc2)ccc1Cl)C(=O)OC(C)(C)C. The first kappa shape index (κ1) is 35.3. The van der Waals surface area contributed by atoms with Gasteiger partial charge in [-0.25, -0.2) is 18.0 Å². The molecule has 0 saturated heterocycles. The summed E-state index contributed by atoms with van der Waals surface area (Å²) in [5.41, 5.74) is 5.30. The number of benzene rings is 2. The minimum absolute atomic E-state index is 0.0845. The van der Waals surface area contributed by atoms with Gasteiger partial charge in [-0.05, 0) is 70.9 Å². The van der Waals surface area contributed by atoms with Gasteiger partial charge >= 0.3 is 12.2 Å². The van der Waals surface area contributed by atoms with E-state index in [1.54, 1.807) is 71.9 Å². The zero-order valence-electron chi connectivity index (χ0n) is 25.0. The van der Waals surface area contributed by atoms with Crippen molar-refractivity contribution in [3.63, 3.8) is 0 Å². The van der Waals surface area contributed by atoms with E-state index in [2.05, 4.69) is 15.0 Å². The lowest BCUT2D eigenvalue weighted by atomic mass is 10.1. The number of carbonyl (C=O) groups excluding carboxylic acids is 3. The summed E-state index contributed by atoms with van der Waals surface area (Å²) < 4.78 is 38.0. The van der Waals surface area contributed by atoms with Gasteiger partial charge in [-0.3, -0.25) is 14.4 Å². The molecule has 2 rings (SSSR count). The third kappa shape index (κ3) is 13.8. The predicted octanol–water partition coefficient (Wildman–Crippen LogP) is 4.36. The molecule has 0 spiro atoms. The highest BCUT2D eigenvalue weighted by Crippen LogP contribution is 2.23. The second kappa shape index (κ2) is 15.0. The van der Waals surface area contributed by atoms with Crippen LogP contribution in [0.15, 0.2) is 53.5 Å². The maximum atomic E-state index is 12.6. The molecule has 0 aliphatic carbocycles. The molecule has 0 aromatic heterocycles. The zero-order valence-corrected chi connectivity index (χ0v) is 26.5. The maximum Gasteiger partial charge on any atom is 0.442 e. The van der Waals surface area contributed by atoms with Gasteiger partial charge in [-0.2, -0.15) is 0 Å². The number of carbonyl (C=O) groups is 3. The summed E-state index contributed by atoms with van der Waals surface area (Å²) in [5.74, 6) is -1.32. The van der Waals surface area contributed by atoms with E-state index in [0.717, 1.165) is 0 Å². The lowest BCUT2D eigenvalue weighted by Crippen LogP contribution is -2.46. The van der Waals surface area contributed by atoms with Crippen LogP contribution in [0.3, 0.4) is 0 Å². The molecule has 0 aliphatic heterocycles. The smallest absolute Gasteiger partial charge is 0.442 e. The lowest BCUT2D eigenvalue weighted by molar-refractivity contribution is -0.122. The van der Waals surface area contributed by atoms with Crippen molar-refractivity contribution in [1.82, 2.24) is 10.4 Å². The van der Waals surface area contributed by atoms with Crippen LogP contribution in [0.25, 0.3) is 0 Å². The molecule has 0 fully saturated rings. The van der Waals surface area contributed by atoms with Crippen molar-refractivity contribution in [2.45, 2.75) is 64.9 Å². The van der Waals surface area contributed by atoms with Crippen molar-refractivity contribution in [2.75, 3.05) is 17.9 Å². The Morgan fingerprint density at radius 3 is 2.21 bits per heavy atom. The number of nitrogens with two attached hydrogens (primary N) is 1. The van der Waals surface area contributed by atoms with Crippen LogP contribution >= 0.6 is 11.6 Å². The third-order valence-electron chi connectivity index (χ3n) is 4.88. The summed E-state index contributed by atoms with van der Waals surface area (Å²) in [6.07, 6.45) is -2.26. The Hall–Kier alpha value is -3.88. The molecule has 13 nitrogen and oxygen atoms in total. The van der Waals surface area contributed by atoms with Crippen LogP contribution in [0.2, 0.25) is 5.02 Å². The molecule has 0 bridgehead atoms. The van der Waals surface area contributed by atoms with Gasteiger partial charge in [-0.15, -0.1) is 10.1 Å². The molecular formula is C28H38ClN5O8S. The van der Waals surface area contributed by atoms with Gasteiger partial charge in [0.25, 0.3) is 0 Å². The van der Waals surface area contributed by atoms with Crippen molar-refractivity contribution in [3.05, 3.63) is 64.7 Å². The Morgan fingerprint density at radius 2 is 1.60 bits per heavy atom. The molecule has 0 saturated carbocycles. The number of hydrogen-bond donors (Lipinski definition) is 3. The molecule has 43 heavy (non-hydrogen) atoms. The molecule has 2 aromatic carbocycles. The number of guanidine groups is 1. The summed E-state index contributed by atoms with van der Waals surface area (Å²) in [6.45, 7) is 9.43. The monoisotopic (exact) mass is 639 g/mol. The fourth-order valence-corrected chi connectivity index (χ4v) is 4.66. The summed E-state index contributed by atoms with van der Waals surface area (Å²) in [4.78, 5) is 46.2. The van der Waals surface area contributed by atoms with E-state index >= 15 is 0 Å². The van der Waals surface area contributed by atoms with Gasteiger partial charge in [0, 0.05) is 17.3 Å². The number of aliphatic imine (C=N–C) groups is 1. The Kier molecular flexibility index (Phi) is 12.3. The number of hydrogen-bond acceptors (Lipinski definition) is 8. The van der Waals surface area contributed by atoms with Crippen LogP contribution in [-0.4, -0.2) is 61.9 Å². The summed E-state index contributed by atoms with van der Waals surface area (Å²) >= 11 is 6.24. The minimum Gasteiger partial charge on any atom is -0.442 e. The van der Waals surface area contributed by atoms with E-state index in [9.17, 15) is 22.8 Å². The topological polar surface area (TPSA) is 179 Å². The number of ether oxygens (including phenoxy) is 2. The van der Waals surface area contributed by atoms with Crippen molar-refractivity contribution in [1.29, 1.82) is 0 Å². The number of anilines is 1. The highest BCUT2D eigenvalue weighted by molar-refractivity contribution is 7.91. The first-order valence-corrected chi connectivity index (χ1v) is 15.2. The van der Waals surface area contributed by atoms with Crippen LogP contribution in [0.5, 0.6) is 0 Å². The van der Waals surface area contributed by atoms with Crippen LogP contribution in [0.1, 0.15) is 52.7 Å². The molecular weight excluding hydrogens is 602 g/mol. The minimum atomic E-state index is -3.72. The fraction of sp³-hybridized carbons (Fsp3) is 0.429. The van der Waals surface area contributed by atoms with Gasteiger partial charge in [0.05, 0.1) is 18.8 Å².